The van der Waals surface area contributed by atoms with Crippen molar-refractivity contribution in [2.75, 3.05) is 7.11 Å². The van der Waals surface area contributed by atoms with Crippen LogP contribution in [0.4, 0.5) is 13.2 Å². The zero-order valence-electron chi connectivity index (χ0n) is 18.8. The Morgan fingerprint density at radius 3 is 2.41 bits per heavy atom. The summed E-state index contributed by atoms with van der Waals surface area (Å²) in [5.41, 5.74) is 4.45. The van der Waals surface area contributed by atoms with Crippen LogP contribution < -0.4 is 4.74 Å². The molecule has 5 nitrogen and oxygen atoms in total. The lowest BCUT2D eigenvalue weighted by Crippen LogP contribution is -2.08. The lowest BCUT2D eigenvalue weighted by Gasteiger charge is -2.16. The molecular weight excluding hydrogens is 441 g/mol. The molecule has 5 aromatic rings. The van der Waals surface area contributed by atoms with Crippen LogP contribution in [0.2, 0.25) is 0 Å². The van der Waals surface area contributed by atoms with Crippen molar-refractivity contribution in [2.45, 2.75) is 19.9 Å². The lowest BCUT2D eigenvalue weighted by molar-refractivity contribution is 0.413. The van der Waals surface area contributed by atoms with Crippen molar-refractivity contribution in [2.24, 2.45) is 0 Å². The van der Waals surface area contributed by atoms with Crippen LogP contribution in [-0.4, -0.2) is 26.2 Å². The highest BCUT2D eigenvalue weighted by Crippen LogP contribution is 2.36. The molecule has 172 valence electrons. The first kappa shape index (κ1) is 21.8. The molecule has 0 spiro atoms. The summed E-state index contributed by atoms with van der Waals surface area (Å²) in [4.78, 5) is 8.78. The third-order valence-electron chi connectivity index (χ3n) is 5.98. The Labute approximate surface area is 194 Å². The van der Waals surface area contributed by atoms with Crippen LogP contribution in [0.5, 0.6) is 5.75 Å². The summed E-state index contributed by atoms with van der Waals surface area (Å²) in [5.74, 6) is -3.26. The van der Waals surface area contributed by atoms with Gasteiger partial charge in [0.05, 0.1) is 30.9 Å². The first-order chi connectivity index (χ1) is 16.4. The van der Waals surface area contributed by atoms with E-state index in [1.807, 2.05) is 58.8 Å². The van der Waals surface area contributed by atoms with E-state index in [4.69, 9.17) is 4.74 Å². The molecule has 0 aliphatic carbocycles. The topological polar surface area (TPSA) is 44.9 Å². The van der Waals surface area contributed by atoms with Crippen LogP contribution in [0, 0.1) is 24.4 Å². The quantitative estimate of drug-likeness (QED) is 0.291. The monoisotopic (exact) mass is 462 g/mol. The number of hydrogen-bond acceptors (Lipinski definition) is 3. The van der Waals surface area contributed by atoms with Gasteiger partial charge in [-0.3, -0.25) is 0 Å². The molecule has 1 unspecified atom stereocenters. The number of imidazole rings is 1. The molecule has 0 radical (unpaired) electrons. The van der Waals surface area contributed by atoms with Gasteiger partial charge in [0.1, 0.15) is 11.4 Å². The molecular formula is C26H21F3N4O. The normalized spacial score (nSPS) is 12.3. The number of benzene rings is 2. The minimum Gasteiger partial charge on any atom is -0.495 e. The van der Waals surface area contributed by atoms with Crippen LogP contribution in [0.25, 0.3) is 27.8 Å². The van der Waals surface area contributed by atoms with E-state index >= 15 is 0 Å². The minimum atomic E-state index is -1.48. The smallest absolute Gasteiger partial charge is 0.194 e. The van der Waals surface area contributed by atoms with Gasteiger partial charge in [-0.25, -0.2) is 23.1 Å². The number of hydrogen-bond donors (Lipinski definition) is 0. The fourth-order valence-electron chi connectivity index (χ4n) is 4.20. The molecule has 0 amide bonds. The Balaban J connectivity index is 1.64. The number of aryl methyl sites for hydroxylation is 1. The van der Waals surface area contributed by atoms with Crippen LogP contribution in [-0.2, 0) is 0 Å². The summed E-state index contributed by atoms with van der Waals surface area (Å²) in [6.07, 6.45) is 7.19. The maximum Gasteiger partial charge on any atom is 0.194 e. The number of methoxy groups -OCH3 is 1. The van der Waals surface area contributed by atoms with E-state index in [0.29, 0.717) is 17.0 Å². The molecule has 0 fully saturated rings. The van der Waals surface area contributed by atoms with E-state index in [1.54, 1.807) is 26.6 Å². The lowest BCUT2D eigenvalue weighted by atomic mass is 10.0. The SMILES string of the molecule is COc1cc(-c2cn(C(C)c3cc(F)c(F)c(F)c3)c3ncccc23)ccc1-n1cnc(C)c1. The second kappa shape index (κ2) is 8.37. The molecule has 1 atom stereocenters. The van der Waals surface area contributed by atoms with Crippen molar-refractivity contribution in [3.8, 4) is 22.6 Å². The summed E-state index contributed by atoms with van der Waals surface area (Å²) < 4.78 is 50.7. The number of nitrogens with zero attached hydrogens (tertiary/aromatic N) is 4. The highest BCUT2D eigenvalue weighted by molar-refractivity contribution is 5.94. The first-order valence-corrected chi connectivity index (χ1v) is 10.7. The molecule has 0 aliphatic heterocycles. The molecule has 0 N–H and O–H groups in total. The van der Waals surface area contributed by atoms with Gasteiger partial charge in [0.2, 0.25) is 0 Å². The van der Waals surface area contributed by atoms with Gasteiger partial charge in [0.15, 0.2) is 17.5 Å². The van der Waals surface area contributed by atoms with Crippen molar-refractivity contribution in [3.63, 3.8) is 0 Å². The largest absolute Gasteiger partial charge is 0.495 e. The molecule has 3 heterocycles. The Morgan fingerprint density at radius 1 is 0.971 bits per heavy atom. The highest BCUT2D eigenvalue weighted by atomic mass is 19.2. The second-order valence-corrected chi connectivity index (χ2v) is 8.11. The van der Waals surface area contributed by atoms with Crippen LogP contribution in [0.15, 0.2) is 67.4 Å². The number of pyridine rings is 1. The maximum atomic E-state index is 13.9. The predicted octanol–water partition coefficient (Wildman–Crippen LogP) is 6.23. The van der Waals surface area contributed by atoms with Crippen molar-refractivity contribution >= 4 is 11.0 Å². The molecule has 5 rings (SSSR count). The van der Waals surface area contributed by atoms with E-state index in [2.05, 4.69) is 9.97 Å². The standard InChI is InChI=1S/C26H21F3N4O/c1-15-12-32(14-31-15)23-7-6-17(11-24(23)34-3)20-13-33(26-19(20)5-4-8-30-26)16(2)18-9-21(27)25(29)22(28)10-18/h4-14,16H,1-3H3. The van der Waals surface area contributed by atoms with Crippen molar-refractivity contribution < 1.29 is 17.9 Å². The average Bonchev–Trinajstić information content (AvgIpc) is 3.45. The third-order valence-corrected chi connectivity index (χ3v) is 5.98. The van der Waals surface area contributed by atoms with Gasteiger partial charge < -0.3 is 13.9 Å². The first-order valence-electron chi connectivity index (χ1n) is 10.7. The van der Waals surface area contributed by atoms with Gasteiger partial charge in [-0.15, -0.1) is 0 Å². The zero-order chi connectivity index (χ0) is 24.0. The van der Waals surface area contributed by atoms with Gasteiger partial charge >= 0.3 is 0 Å². The molecule has 34 heavy (non-hydrogen) atoms. The second-order valence-electron chi connectivity index (χ2n) is 8.11. The van der Waals surface area contributed by atoms with Crippen molar-refractivity contribution in [1.82, 2.24) is 19.1 Å². The highest BCUT2D eigenvalue weighted by Gasteiger charge is 2.20. The average molecular weight is 462 g/mol. The van der Waals surface area contributed by atoms with Crippen LogP contribution in [0.1, 0.15) is 24.2 Å². The van der Waals surface area contributed by atoms with Gasteiger partial charge in [-0.2, -0.15) is 0 Å². The molecule has 8 heteroatoms. The molecule has 0 bridgehead atoms. The molecule has 0 aliphatic rings. The maximum absolute atomic E-state index is 13.9. The van der Waals surface area contributed by atoms with Crippen LogP contribution >= 0.6 is 0 Å². The zero-order valence-corrected chi connectivity index (χ0v) is 18.8. The Morgan fingerprint density at radius 2 is 1.74 bits per heavy atom. The summed E-state index contributed by atoms with van der Waals surface area (Å²) in [7, 11) is 1.61. The molecule has 3 aromatic heterocycles. The van der Waals surface area contributed by atoms with E-state index in [-0.39, 0.29) is 0 Å². The molecule has 2 aromatic carbocycles. The Kier molecular flexibility index (Phi) is 5.36. The van der Waals surface area contributed by atoms with Gasteiger partial charge in [0.25, 0.3) is 0 Å². The van der Waals surface area contributed by atoms with Gasteiger partial charge in [0, 0.05) is 29.5 Å². The van der Waals surface area contributed by atoms with Gasteiger partial charge in [-0.1, -0.05) is 6.07 Å². The van der Waals surface area contributed by atoms with E-state index in [9.17, 15) is 13.2 Å². The minimum absolute atomic E-state index is 0.300. The Bertz CT molecular complexity index is 1500. The van der Waals surface area contributed by atoms with Gasteiger partial charge in [-0.05, 0) is 61.4 Å². The molecule has 0 saturated heterocycles. The fraction of sp³-hybridized carbons (Fsp3) is 0.154. The number of fused-ring (bicyclic) bond motifs is 1. The number of aromatic nitrogens is 4. The summed E-state index contributed by atoms with van der Waals surface area (Å²) in [6, 6.07) is 11.2. The summed E-state index contributed by atoms with van der Waals surface area (Å²) in [5, 5.41) is 0.866. The number of halogens is 3. The predicted molar refractivity (Wildman–Crippen MR) is 124 cm³/mol. The number of ether oxygens (including phenoxy) is 1. The van der Waals surface area contributed by atoms with Crippen molar-refractivity contribution in [3.05, 3.63) is 96.1 Å². The Hall–Kier alpha value is -4.07. The summed E-state index contributed by atoms with van der Waals surface area (Å²) in [6.45, 7) is 3.70. The molecule has 0 saturated carbocycles. The van der Waals surface area contributed by atoms with E-state index in [0.717, 1.165) is 40.0 Å². The number of rotatable bonds is 5. The van der Waals surface area contributed by atoms with E-state index < -0.39 is 23.5 Å². The van der Waals surface area contributed by atoms with E-state index in [1.165, 1.54) is 0 Å². The van der Waals surface area contributed by atoms with Crippen molar-refractivity contribution in [1.29, 1.82) is 0 Å². The third kappa shape index (κ3) is 3.61. The fourth-order valence-corrected chi connectivity index (χ4v) is 4.20. The summed E-state index contributed by atoms with van der Waals surface area (Å²) >= 11 is 0. The van der Waals surface area contributed by atoms with Crippen LogP contribution in [0.3, 0.4) is 0 Å².